The zero-order valence-electron chi connectivity index (χ0n) is 19.1. The average Bonchev–Trinajstić information content (AvgIpc) is 2.67. The van der Waals surface area contributed by atoms with E-state index in [9.17, 15) is 9.59 Å². The second-order valence-electron chi connectivity index (χ2n) is 7.73. The maximum atomic E-state index is 12.2. The van der Waals surface area contributed by atoms with E-state index in [0.717, 1.165) is 13.0 Å². The molecule has 0 saturated carbocycles. The maximum Gasteiger partial charge on any atom is 0.303 e. The van der Waals surface area contributed by atoms with Crippen molar-refractivity contribution in [3.8, 4) is 0 Å². The van der Waals surface area contributed by atoms with Gasteiger partial charge >= 0.3 is 5.97 Å². The Balaban J connectivity index is 3.52. The minimum absolute atomic E-state index is 0.0550. The number of hydrogen-bond acceptors (Lipinski definition) is 7. The lowest BCUT2D eigenvalue weighted by Crippen LogP contribution is -2.47. The molecule has 1 atom stereocenters. The highest BCUT2D eigenvalue weighted by atomic mass is 16.6. The van der Waals surface area contributed by atoms with Crippen LogP contribution in [0.5, 0.6) is 0 Å². The summed E-state index contributed by atoms with van der Waals surface area (Å²) in [5.74, 6) is -0.474. The molecule has 9 nitrogen and oxygen atoms in total. The van der Waals surface area contributed by atoms with Gasteiger partial charge in [0.25, 0.3) is 0 Å². The molecule has 3 N–H and O–H groups in total. The molecule has 0 fully saturated rings. The number of carbonyl (C=O) groups excluding carboxylic acids is 1. The van der Waals surface area contributed by atoms with E-state index in [0.29, 0.717) is 58.7 Å². The number of nitrogens with one attached hydrogen (secondary N) is 2. The van der Waals surface area contributed by atoms with Gasteiger partial charge in [0.05, 0.1) is 52.3 Å². The monoisotopic (exact) mass is 434 g/mol. The summed E-state index contributed by atoms with van der Waals surface area (Å²) in [7, 11) is 0. The molecule has 0 spiro atoms. The number of carbonyl (C=O) groups is 2. The molecule has 0 aromatic rings. The molecule has 0 bridgehead atoms. The van der Waals surface area contributed by atoms with Crippen LogP contribution in [0.2, 0.25) is 0 Å². The van der Waals surface area contributed by atoms with Crippen molar-refractivity contribution in [3.63, 3.8) is 0 Å². The molecular formula is C21H42N2O7. The van der Waals surface area contributed by atoms with Crippen molar-refractivity contribution >= 4 is 11.9 Å². The van der Waals surface area contributed by atoms with Crippen molar-refractivity contribution < 1.29 is 33.6 Å². The van der Waals surface area contributed by atoms with E-state index in [-0.39, 0.29) is 24.8 Å². The van der Waals surface area contributed by atoms with E-state index in [1.165, 1.54) is 0 Å². The molecule has 1 amide bonds. The third-order valence-electron chi connectivity index (χ3n) is 4.00. The van der Waals surface area contributed by atoms with Gasteiger partial charge < -0.3 is 34.7 Å². The lowest BCUT2D eigenvalue weighted by molar-refractivity contribution is -0.137. The Bertz CT molecular complexity index is 434. The molecule has 0 aliphatic carbocycles. The Labute approximate surface area is 181 Å². The van der Waals surface area contributed by atoms with Crippen LogP contribution in [-0.2, 0) is 28.5 Å². The molecular weight excluding hydrogens is 392 g/mol. The van der Waals surface area contributed by atoms with E-state index in [1.807, 2.05) is 13.8 Å². The van der Waals surface area contributed by atoms with Crippen molar-refractivity contribution in [3.05, 3.63) is 0 Å². The summed E-state index contributed by atoms with van der Waals surface area (Å²) in [6.07, 6.45) is 1.26. The Kier molecular flexibility index (Phi) is 18.9. The van der Waals surface area contributed by atoms with Crippen molar-refractivity contribution in [1.29, 1.82) is 0 Å². The summed E-state index contributed by atoms with van der Waals surface area (Å²) >= 11 is 0. The second-order valence-corrected chi connectivity index (χ2v) is 7.73. The van der Waals surface area contributed by atoms with Gasteiger partial charge in [-0.15, -0.1) is 0 Å². The number of amides is 1. The highest BCUT2D eigenvalue weighted by molar-refractivity contribution is 5.82. The van der Waals surface area contributed by atoms with E-state index >= 15 is 0 Å². The van der Waals surface area contributed by atoms with Gasteiger partial charge in [-0.25, -0.2) is 0 Å². The van der Waals surface area contributed by atoms with E-state index in [1.54, 1.807) is 0 Å². The van der Waals surface area contributed by atoms with Crippen LogP contribution in [0, 0.1) is 5.92 Å². The van der Waals surface area contributed by atoms with Crippen molar-refractivity contribution in [1.82, 2.24) is 10.6 Å². The smallest absolute Gasteiger partial charge is 0.303 e. The van der Waals surface area contributed by atoms with Crippen LogP contribution in [0.1, 0.15) is 47.0 Å². The third-order valence-corrected chi connectivity index (χ3v) is 4.00. The summed E-state index contributed by atoms with van der Waals surface area (Å²) < 4.78 is 21.7. The molecule has 0 saturated heterocycles. The molecule has 0 unspecified atom stereocenters. The summed E-state index contributed by atoms with van der Waals surface area (Å²) in [5.41, 5.74) is 0. The Morgan fingerprint density at radius 2 is 1.27 bits per heavy atom. The quantitative estimate of drug-likeness (QED) is 0.233. The van der Waals surface area contributed by atoms with Crippen LogP contribution in [0.3, 0.4) is 0 Å². The largest absolute Gasteiger partial charge is 0.481 e. The number of hydrogen-bond donors (Lipinski definition) is 3. The molecule has 0 heterocycles. The first-order valence-electron chi connectivity index (χ1n) is 10.9. The summed E-state index contributed by atoms with van der Waals surface area (Å²) in [6, 6.07) is -0.436. The first-order chi connectivity index (χ1) is 14.3. The molecule has 0 aromatic carbocycles. The van der Waals surface area contributed by atoms with Gasteiger partial charge in [0, 0.05) is 25.6 Å². The van der Waals surface area contributed by atoms with Crippen LogP contribution in [0.25, 0.3) is 0 Å². The first-order valence-corrected chi connectivity index (χ1v) is 10.9. The van der Waals surface area contributed by atoms with E-state index in [2.05, 4.69) is 24.5 Å². The van der Waals surface area contributed by atoms with Crippen molar-refractivity contribution in [2.24, 2.45) is 5.92 Å². The lowest BCUT2D eigenvalue weighted by Gasteiger charge is -2.20. The highest BCUT2D eigenvalue weighted by Crippen LogP contribution is 2.00. The van der Waals surface area contributed by atoms with Gasteiger partial charge in [-0.05, 0) is 18.8 Å². The topological polar surface area (TPSA) is 115 Å². The molecule has 0 rings (SSSR count). The lowest BCUT2D eigenvalue weighted by atomic mass is 10.1. The van der Waals surface area contributed by atoms with Gasteiger partial charge in [0.2, 0.25) is 5.91 Å². The fraction of sp³-hybridized carbons (Fsp3) is 0.905. The fourth-order valence-corrected chi connectivity index (χ4v) is 2.41. The van der Waals surface area contributed by atoms with Crippen LogP contribution < -0.4 is 10.6 Å². The average molecular weight is 435 g/mol. The standard InChI is InChI=1S/C21H42N2O7/c1-17(2)7-9-27-11-13-29-15-16-30-14-12-28-10-8-22-21(26)19(23-18(3)4)5-6-20(24)25/h17-19,23H,5-16H2,1-4H3,(H,22,26)(H,24,25)/t19-/m0/s1. The predicted molar refractivity (Wildman–Crippen MR) is 115 cm³/mol. The number of aliphatic carboxylic acids is 1. The minimum Gasteiger partial charge on any atom is -0.481 e. The van der Waals surface area contributed by atoms with Crippen molar-refractivity contribution in [2.75, 3.05) is 59.4 Å². The number of rotatable bonds is 21. The molecule has 178 valence electrons. The Morgan fingerprint density at radius 3 is 1.73 bits per heavy atom. The molecule has 9 heteroatoms. The molecule has 0 aliphatic heterocycles. The van der Waals surface area contributed by atoms with Gasteiger partial charge in [-0.2, -0.15) is 0 Å². The van der Waals surface area contributed by atoms with Gasteiger partial charge in [0.15, 0.2) is 0 Å². The zero-order valence-corrected chi connectivity index (χ0v) is 19.1. The minimum atomic E-state index is -0.915. The summed E-state index contributed by atoms with van der Waals surface area (Å²) in [5, 5.41) is 14.6. The molecule has 0 aromatic heterocycles. The first kappa shape index (κ1) is 28.7. The summed E-state index contributed by atoms with van der Waals surface area (Å²) in [4.78, 5) is 22.9. The number of carboxylic acids is 1. The van der Waals surface area contributed by atoms with Crippen LogP contribution >= 0.6 is 0 Å². The van der Waals surface area contributed by atoms with Crippen LogP contribution in [0.15, 0.2) is 0 Å². The predicted octanol–water partition coefficient (Wildman–Crippen LogP) is 1.45. The van der Waals surface area contributed by atoms with Gasteiger partial charge in [-0.1, -0.05) is 27.7 Å². The molecule has 0 radical (unpaired) electrons. The van der Waals surface area contributed by atoms with Crippen LogP contribution in [0.4, 0.5) is 0 Å². The molecule has 30 heavy (non-hydrogen) atoms. The SMILES string of the molecule is CC(C)CCOCCOCCOCCOCCNC(=O)[C@H](CCC(=O)O)NC(C)C. The van der Waals surface area contributed by atoms with Crippen molar-refractivity contribution in [2.45, 2.75) is 59.0 Å². The fourth-order valence-electron chi connectivity index (χ4n) is 2.41. The number of ether oxygens (including phenoxy) is 4. The third kappa shape index (κ3) is 20.0. The van der Waals surface area contributed by atoms with Gasteiger partial charge in [-0.3, -0.25) is 9.59 Å². The molecule has 0 aliphatic rings. The summed E-state index contributed by atoms with van der Waals surface area (Å²) in [6.45, 7) is 12.7. The Hall–Kier alpha value is -1.26. The van der Waals surface area contributed by atoms with Gasteiger partial charge in [0.1, 0.15) is 0 Å². The highest BCUT2D eigenvalue weighted by Gasteiger charge is 2.19. The number of carboxylic acid groups (broad SMARTS) is 1. The van der Waals surface area contributed by atoms with E-state index in [4.69, 9.17) is 24.1 Å². The van der Waals surface area contributed by atoms with Crippen LogP contribution in [-0.4, -0.2) is 88.5 Å². The normalized spacial score (nSPS) is 12.5. The maximum absolute atomic E-state index is 12.2. The Morgan fingerprint density at radius 1 is 0.767 bits per heavy atom. The zero-order chi connectivity index (χ0) is 22.6. The van der Waals surface area contributed by atoms with E-state index < -0.39 is 12.0 Å². The second kappa shape index (κ2) is 19.7.